The van der Waals surface area contributed by atoms with Crippen LogP contribution in [-0.2, 0) is 33.3 Å². The highest BCUT2D eigenvalue weighted by molar-refractivity contribution is 5.81. The predicted octanol–water partition coefficient (Wildman–Crippen LogP) is -1.25. The van der Waals surface area contributed by atoms with E-state index < -0.39 is 30.3 Å². The average Bonchev–Trinajstić information content (AvgIpc) is 2.61. The molecule has 10 heteroatoms. The zero-order valence-corrected chi connectivity index (χ0v) is 14.4. The Kier molecular flexibility index (Phi) is 10.5. The van der Waals surface area contributed by atoms with E-state index in [9.17, 15) is 14.7 Å². The van der Waals surface area contributed by atoms with E-state index >= 15 is 0 Å². The zero-order valence-electron chi connectivity index (χ0n) is 14.4. The quantitative estimate of drug-likeness (QED) is 0.342. The maximum absolute atomic E-state index is 11.7. The van der Waals surface area contributed by atoms with E-state index in [-0.39, 0.29) is 19.8 Å². The van der Waals surface area contributed by atoms with Gasteiger partial charge in [-0.2, -0.15) is 0 Å². The largest absolute Gasteiger partial charge is 0.477 e. The van der Waals surface area contributed by atoms with Crippen LogP contribution in [0.2, 0.25) is 0 Å². The standard InChI is InChI=1S/C15H27NO9/c1-21-5-6-22-7-8-23-9-10-25-15(14(19)20)12(3-2-4-24-15)16-13(18)11-17/h12,17H,2-11H2,1H3,(H,16,18)(H,19,20). The second-order valence-corrected chi connectivity index (χ2v) is 5.31. The van der Waals surface area contributed by atoms with Gasteiger partial charge in [-0.15, -0.1) is 0 Å². The van der Waals surface area contributed by atoms with E-state index in [1.165, 1.54) is 0 Å². The van der Waals surface area contributed by atoms with Crippen LogP contribution >= 0.6 is 0 Å². The lowest BCUT2D eigenvalue weighted by atomic mass is 9.98. The first-order valence-corrected chi connectivity index (χ1v) is 8.12. The van der Waals surface area contributed by atoms with Gasteiger partial charge >= 0.3 is 5.97 Å². The van der Waals surface area contributed by atoms with Crippen LogP contribution in [0.15, 0.2) is 0 Å². The molecule has 2 unspecified atom stereocenters. The molecule has 146 valence electrons. The molecule has 0 saturated carbocycles. The number of hydrogen-bond acceptors (Lipinski definition) is 8. The van der Waals surface area contributed by atoms with Crippen LogP contribution in [0.5, 0.6) is 0 Å². The summed E-state index contributed by atoms with van der Waals surface area (Å²) in [6.07, 6.45) is 0.941. The Morgan fingerprint density at radius 1 is 1.16 bits per heavy atom. The van der Waals surface area contributed by atoms with E-state index in [4.69, 9.17) is 28.8 Å². The highest BCUT2D eigenvalue weighted by atomic mass is 16.7. The summed E-state index contributed by atoms with van der Waals surface area (Å²) in [5.74, 6) is -4.01. The van der Waals surface area contributed by atoms with Crippen molar-refractivity contribution in [3.8, 4) is 0 Å². The molecule has 0 spiro atoms. The molecule has 0 aromatic heterocycles. The number of aliphatic carboxylic acids is 1. The van der Waals surface area contributed by atoms with Crippen molar-refractivity contribution >= 4 is 11.9 Å². The van der Waals surface area contributed by atoms with E-state index in [1.54, 1.807) is 7.11 Å². The number of ether oxygens (including phenoxy) is 5. The fourth-order valence-electron chi connectivity index (χ4n) is 2.34. The smallest absolute Gasteiger partial charge is 0.366 e. The molecular weight excluding hydrogens is 338 g/mol. The van der Waals surface area contributed by atoms with Crippen molar-refractivity contribution in [3.05, 3.63) is 0 Å². The van der Waals surface area contributed by atoms with Crippen LogP contribution < -0.4 is 5.32 Å². The molecule has 1 rings (SSSR count). The van der Waals surface area contributed by atoms with Crippen molar-refractivity contribution in [2.24, 2.45) is 0 Å². The number of methoxy groups -OCH3 is 1. The van der Waals surface area contributed by atoms with Crippen molar-refractivity contribution in [3.63, 3.8) is 0 Å². The van der Waals surface area contributed by atoms with Crippen molar-refractivity contribution in [2.45, 2.75) is 24.7 Å². The van der Waals surface area contributed by atoms with Gasteiger partial charge in [0.15, 0.2) is 0 Å². The Morgan fingerprint density at radius 3 is 2.40 bits per heavy atom. The molecule has 0 bridgehead atoms. The molecule has 0 aliphatic carbocycles. The van der Waals surface area contributed by atoms with Gasteiger partial charge in [0.05, 0.1) is 52.3 Å². The van der Waals surface area contributed by atoms with E-state index in [1.807, 2.05) is 0 Å². The first kappa shape index (κ1) is 21.7. The Hall–Kier alpha value is -1.30. The number of carboxylic acids is 1. The van der Waals surface area contributed by atoms with Gasteiger partial charge in [-0.1, -0.05) is 0 Å². The van der Waals surface area contributed by atoms with Crippen LogP contribution in [0.1, 0.15) is 12.8 Å². The Balaban J connectivity index is 2.40. The number of carboxylic acid groups (broad SMARTS) is 1. The first-order chi connectivity index (χ1) is 12.1. The van der Waals surface area contributed by atoms with Crippen molar-refractivity contribution in [1.82, 2.24) is 5.32 Å². The minimum atomic E-state index is -1.98. The summed E-state index contributed by atoms with van der Waals surface area (Å²) >= 11 is 0. The lowest BCUT2D eigenvalue weighted by molar-refractivity contribution is -0.270. The second kappa shape index (κ2) is 12.1. The van der Waals surface area contributed by atoms with Crippen LogP contribution in [-0.4, -0.2) is 93.9 Å². The number of aliphatic hydroxyl groups is 1. The Bertz CT molecular complexity index is 406. The van der Waals surface area contributed by atoms with Gasteiger partial charge in [0.25, 0.3) is 5.79 Å². The number of carbonyl (C=O) groups is 2. The van der Waals surface area contributed by atoms with Crippen LogP contribution in [0, 0.1) is 0 Å². The van der Waals surface area contributed by atoms with E-state index in [0.717, 1.165) is 0 Å². The Morgan fingerprint density at radius 2 is 1.80 bits per heavy atom. The van der Waals surface area contributed by atoms with Crippen LogP contribution in [0.4, 0.5) is 0 Å². The summed E-state index contributed by atoms with van der Waals surface area (Å²) in [6, 6.07) is -0.893. The number of aliphatic hydroxyl groups excluding tert-OH is 1. The summed E-state index contributed by atoms with van der Waals surface area (Å²) in [5, 5.41) is 20.8. The summed E-state index contributed by atoms with van der Waals surface area (Å²) in [4.78, 5) is 23.1. The fraction of sp³-hybridized carbons (Fsp3) is 0.867. The average molecular weight is 365 g/mol. The predicted molar refractivity (Wildman–Crippen MR) is 84.0 cm³/mol. The SMILES string of the molecule is COCCOCCOCCOC1(C(=O)O)OCCCC1NC(=O)CO. The van der Waals surface area contributed by atoms with Crippen molar-refractivity contribution in [1.29, 1.82) is 0 Å². The minimum Gasteiger partial charge on any atom is -0.477 e. The molecule has 0 radical (unpaired) electrons. The number of hydrogen-bond donors (Lipinski definition) is 3. The van der Waals surface area contributed by atoms with Crippen LogP contribution in [0.25, 0.3) is 0 Å². The summed E-state index contributed by atoms with van der Waals surface area (Å²) in [5.41, 5.74) is 0. The van der Waals surface area contributed by atoms with Gasteiger partial charge in [0.2, 0.25) is 5.91 Å². The monoisotopic (exact) mass is 365 g/mol. The second-order valence-electron chi connectivity index (χ2n) is 5.31. The lowest BCUT2D eigenvalue weighted by Gasteiger charge is -2.40. The molecule has 10 nitrogen and oxygen atoms in total. The lowest BCUT2D eigenvalue weighted by Crippen LogP contribution is -2.63. The maximum Gasteiger partial charge on any atom is 0.366 e. The molecule has 1 aliphatic heterocycles. The molecule has 0 aromatic rings. The van der Waals surface area contributed by atoms with Gasteiger partial charge < -0.3 is 39.2 Å². The number of nitrogens with one attached hydrogen (secondary N) is 1. The summed E-state index contributed by atoms with van der Waals surface area (Å²) in [7, 11) is 1.58. The molecule has 1 fully saturated rings. The van der Waals surface area contributed by atoms with Gasteiger partial charge in [-0.25, -0.2) is 4.79 Å². The molecule has 3 N–H and O–H groups in total. The first-order valence-electron chi connectivity index (χ1n) is 8.12. The molecular formula is C15H27NO9. The van der Waals surface area contributed by atoms with Crippen LogP contribution in [0.3, 0.4) is 0 Å². The number of amides is 1. The third-order valence-corrected chi connectivity index (χ3v) is 3.54. The van der Waals surface area contributed by atoms with Gasteiger partial charge in [-0.3, -0.25) is 4.79 Å². The summed E-state index contributed by atoms with van der Waals surface area (Å²) < 4.78 is 26.1. The van der Waals surface area contributed by atoms with Gasteiger partial charge in [-0.05, 0) is 12.8 Å². The molecule has 1 heterocycles. The minimum absolute atomic E-state index is 0.0319. The highest BCUT2D eigenvalue weighted by Crippen LogP contribution is 2.27. The normalized spacial score (nSPS) is 23.4. The van der Waals surface area contributed by atoms with Gasteiger partial charge in [0.1, 0.15) is 6.61 Å². The molecule has 0 aromatic carbocycles. The molecule has 1 saturated heterocycles. The van der Waals surface area contributed by atoms with E-state index in [0.29, 0.717) is 39.3 Å². The van der Waals surface area contributed by atoms with Crippen molar-refractivity contribution in [2.75, 3.05) is 60.0 Å². The number of carbonyl (C=O) groups excluding carboxylic acids is 1. The van der Waals surface area contributed by atoms with E-state index in [2.05, 4.69) is 5.32 Å². The maximum atomic E-state index is 11.7. The molecule has 25 heavy (non-hydrogen) atoms. The molecule has 2 atom stereocenters. The summed E-state index contributed by atoms with van der Waals surface area (Å²) in [6.45, 7) is 1.27. The third-order valence-electron chi connectivity index (χ3n) is 3.54. The fourth-order valence-corrected chi connectivity index (χ4v) is 2.34. The van der Waals surface area contributed by atoms with Crippen molar-refractivity contribution < 1.29 is 43.5 Å². The third kappa shape index (κ3) is 7.22. The molecule has 1 amide bonds. The molecule has 1 aliphatic rings. The Labute approximate surface area is 146 Å². The zero-order chi connectivity index (χ0) is 18.5. The number of rotatable bonds is 13. The highest BCUT2D eigenvalue weighted by Gasteiger charge is 2.51. The van der Waals surface area contributed by atoms with Gasteiger partial charge in [0, 0.05) is 7.11 Å². The topological polar surface area (TPSA) is 133 Å².